The maximum atomic E-state index is 10.2. The third-order valence-electron chi connectivity index (χ3n) is 3.98. The number of carbonyl (C=O) groups is 1. The average Bonchev–Trinajstić information content (AvgIpc) is 2.55. The molecule has 0 unspecified atom stereocenters. The molecule has 0 fully saturated rings. The van der Waals surface area contributed by atoms with Gasteiger partial charge < -0.3 is 28.1 Å². The predicted octanol–water partition coefficient (Wildman–Crippen LogP) is -6.67. The zero-order valence-corrected chi connectivity index (χ0v) is 28.3. The molecule has 0 atom stereocenters. The summed E-state index contributed by atoms with van der Waals surface area (Å²) < 4.78 is 68.2. The summed E-state index contributed by atoms with van der Waals surface area (Å²) in [5, 5.41) is 10.2. The summed E-state index contributed by atoms with van der Waals surface area (Å²) in [7, 11) is -10.3. The van der Waals surface area contributed by atoms with Crippen LogP contribution in [0.1, 0.15) is 110 Å². The minimum Gasteiger partial charge on any atom is -0.759 e. The number of hydrogen-bond donors (Lipinski definition) is 0. The molecule has 0 aromatic carbocycles. The van der Waals surface area contributed by atoms with Crippen LogP contribution in [0, 0.1) is 0 Å². The van der Waals surface area contributed by atoms with Gasteiger partial charge in [0.2, 0.25) is 0 Å². The van der Waals surface area contributed by atoms with E-state index in [0.717, 1.165) is 12.8 Å². The molecule has 0 spiro atoms. The molecule has 0 rings (SSSR count). The number of rotatable bonds is 16. The summed E-state index contributed by atoms with van der Waals surface area (Å²) in [6.07, 6.45) is 19.9. The Balaban J connectivity index is -0.000000118. The maximum Gasteiger partial charge on any atom is 1.00 e. The van der Waals surface area contributed by atoms with Crippen molar-refractivity contribution < 1.29 is 134 Å². The molecule has 0 aromatic rings. The molecule has 0 amide bonds. The Labute approximate surface area is 266 Å². The summed E-state index contributed by atoms with van der Waals surface area (Å²) >= 11 is 0. The van der Waals surface area contributed by atoms with E-state index in [1.807, 2.05) is 0 Å². The Morgan fingerprint density at radius 3 is 0.879 bits per heavy atom. The normalized spacial score (nSPS) is 10.1. The number of carbonyl (C=O) groups excluding carboxylic acids is 1. The van der Waals surface area contributed by atoms with Crippen molar-refractivity contribution in [2.45, 2.75) is 110 Å². The molecule has 15 heteroatoms. The van der Waals surface area contributed by atoms with Gasteiger partial charge in [0.05, 0.1) is 0 Å². The van der Waals surface area contributed by atoms with E-state index in [9.17, 15) is 9.90 Å². The molecule has 0 aliphatic rings. The molecule has 0 aliphatic heterocycles. The zero-order chi connectivity index (χ0) is 23.9. The monoisotopic (exact) mass is 544 g/mol. The molecule has 0 N–H and O–H groups in total. The molecule has 0 saturated heterocycles. The van der Waals surface area contributed by atoms with Gasteiger partial charge in [-0.25, -0.2) is 0 Å². The van der Waals surface area contributed by atoms with E-state index >= 15 is 0 Å². The van der Waals surface area contributed by atoms with E-state index in [0.29, 0.717) is 0 Å². The van der Waals surface area contributed by atoms with Gasteiger partial charge in [0.25, 0.3) is 0 Å². The molecule has 0 bridgehead atoms. The summed E-state index contributed by atoms with van der Waals surface area (Å²) in [4.78, 5) is 10.2. The van der Waals surface area contributed by atoms with E-state index in [1.165, 1.54) is 83.5 Å². The number of hydrogen-bond acceptors (Lipinski definition) is 10. The van der Waals surface area contributed by atoms with Crippen molar-refractivity contribution in [3.63, 3.8) is 0 Å². The van der Waals surface area contributed by atoms with Crippen LogP contribution in [-0.4, -0.2) is 41.0 Å². The fraction of sp³-hybridized carbons (Fsp3) is 0.944. The van der Waals surface area contributed by atoms with Gasteiger partial charge in [-0.15, -0.1) is 0 Å². The van der Waals surface area contributed by atoms with Gasteiger partial charge in [-0.1, -0.05) is 96.8 Å². The first-order chi connectivity index (χ1) is 13.8. The van der Waals surface area contributed by atoms with Gasteiger partial charge >= 0.3 is 88.7 Å². The van der Waals surface area contributed by atoms with Crippen molar-refractivity contribution in [1.82, 2.24) is 0 Å². The summed E-state index contributed by atoms with van der Waals surface area (Å²) in [5.41, 5.74) is 0. The maximum absolute atomic E-state index is 10.2. The van der Waals surface area contributed by atoms with Crippen LogP contribution < -0.4 is 93.8 Å². The minimum atomic E-state index is -5.17. The van der Waals surface area contributed by atoms with E-state index in [1.54, 1.807) is 0 Å². The van der Waals surface area contributed by atoms with E-state index < -0.39 is 26.8 Å². The van der Waals surface area contributed by atoms with Crippen LogP contribution in [0.3, 0.4) is 0 Å². The van der Waals surface area contributed by atoms with Crippen LogP contribution in [-0.2, 0) is 25.6 Å². The fourth-order valence-electron chi connectivity index (χ4n) is 2.64. The molecule has 0 aromatic heterocycles. The second-order valence-electron chi connectivity index (χ2n) is 6.89. The Kier molecular flexibility index (Phi) is 50.1. The zero-order valence-electron chi connectivity index (χ0n) is 20.7. The van der Waals surface area contributed by atoms with Crippen LogP contribution in [0.5, 0.6) is 0 Å². The van der Waals surface area contributed by atoms with Crippen molar-refractivity contribution in [2.24, 2.45) is 0 Å². The Hall–Kier alpha value is 2.21. The smallest absolute Gasteiger partial charge is 0.759 e. The van der Waals surface area contributed by atoms with Crippen molar-refractivity contribution >= 4 is 26.8 Å². The van der Waals surface area contributed by atoms with Gasteiger partial charge in [-0.2, -0.15) is 0 Å². The fourth-order valence-corrected chi connectivity index (χ4v) is 2.64. The van der Waals surface area contributed by atoms with Gasteiger partial charge in [0, 0.05) is 26.8 Å². The van der Waals surface area contributed by atoms with Crippen LogP contribution in [0.2, 0.25) is 0 Å². The number of carboxylic acids is 1. The summed E-state index contributed by atoms with van der Waals surface area (Å²) in [6.45, 7) is 2.27. The molecule has 0 saturated carbocycles. The molecule has 10 nitrogen and oxygen atoms in total. The summed E-state index contributed by atoms with van der Waals surface area (Å²) in [5.74, 6) is -0.903. The number of aliphatic carboxylic acids is 1. The van der Waals surface area contributed by atoms with Gasteiger partial charge in [0.1, 0.15) is 0 Å². The van der Waals surface area contributed by atoms with Gasteiger partial charge in [-0.05, 0) is 12.8 Å². The number of carboxylic acid groups (broad SMARTS) is 1. The molecule has 0 aliphatic carbocycles. The first kappa shape index (κ1) is 48.3. The van der Waals surface area contributed by atoms with Crippen LogP contribution in [0.15, 0.2) is 0 Å². The second kappa shape index (κ2) is 34.2. The van der Waals surface area contributed by atoms with E-state index in [-0.39, 0.29) is 95.1 Å². The van der Waals surface area contributed by atoms with Gasteiger partial charge in [0.15, 0.2) is 0 Å². The average molecular weight is 545 g/mol. The standard InChI is InChI=1S/C18H36O2.3Na.2H2O4S/c1-2-3-4-5-6-7-8-9-10-11-12-13-14-15-16-17-18(19)20;;;;2*1-5(2,3)4/h2-17H2,1H3,(H,19,20);;;;2*(H2,1,2,3,4)/q;3*+1;;/p-5. The second-order valence-corrected chi connectivity index (χ2v) is 8.52. The van der Waals surface area contributed by atoms with Crippen molar-refractivity contribution in [3.05, 3.63) is 0 Å². The third kappa shape index (κ3) is 96.2. The molecule has 33 heavy (non-hydrogen) atoms. The van der Waals surface area contributed by atoms with Crippen LogP contribution >= 0.6 is 0 Å². The molecule has 184 valence electrons. The first-order valence-corrected chi connectivity index (χ1v) is 13.0. The Morgan fingerprint density at radius 1 is 0.515 bits per heavy atom. The largest absolute Gasteiger partial charge is 1.00 e. The van der Waals surface area contributed by atoms with Crippen LogP contribution in [0.4, 0.5) is 0 Å². The quantitative estimate of drug-likeness (QED) is 0.0778. The van der Waals surface area contributed by atoms with Crippen molar-refractivity contribution in [3.8, 4) is 0 Å². The molecule has 0 radical (unpaired) electrons. The molecule has 0 heterocycles. The Morgan fingerprint density at radius 2 is 0.697 bits per heavy atom. The summed E-state index contributed by atoms with van der Waals surface area (Å²) in [6, 6.07) is 0. The topological polar surface area (TPSA) is 201 Å². The molecular formula is C18H35Na3O10S2-2. The van der Waals surface area contributed by atoms with E-state index in [4.69, 9.17) is 35.0 Å². The van der Waals surface area contributed by atoms with Gasteiger partial charge in [-0.3, -0.25) is 16.8 Å². The van der Waals surface area contributed by atoms with E-state index in [2.05, 4.69) is 6.92 Å². The van der Waals surface area contributed by atoms with Crippen molar-refractivity contribution in [1.29, 1.82) is 0 Å². The predicted molar refractivity (Wildman–Crippen MR) is 106 cm³/mol. The number of unbranched alkanes of at least 4 members (excludes halogenated alkanes) is 14. The van der Waals surface area contributed by atoms with Crippen LogP contribution in [0.25, 0.3) is 0 Å². The Bertz CT molecular complexity index is 542. The molecular weight excluding hydrogens is 509 g/mol. The third-order valence-corrected chi connectivity index (χ3v) is 3.98. The first-order valence-electron chi connectivity index (χ1n) is 10.3. The van der Waals surface area contributed by atoms with Crippen molar-refractivity contribution in [2.75, 3.05) is 0 Å². The SMILES string of the molecule is CCCCCCCCCCCCCCCCCC(=O)[O-].O=S(=O)([O-])[O-].O=S(=O)([O-])[O-].[Na+].[Na+].[Na+]. The minimum absolute atomic E-state index is 0.